The Morgan fingerprint density at radius 3 is 1.89 bits per heavy atom. The Balaban J connectivity index is -0.0000000412. The van der Waals surface area contributed by atoms with Gasteiger partial charge in [-0.25, -0.2) is 4.79 Å². The van der Waals surface area contributed by atoms with Gasteiger partial charge in [0.15, 0.2) is 0 Å². The zero-order valence-corrected chi connectivity index (χ0v) is 10.5. The van der Waals surface area contributed by atoms with Crippen molar-refractivity contribution in [1.82, 2.24) is 0 Å². The number of halogens is 1. The van der Waals surface area contributed by atoms with Crippen LogP contribution in [0.4, 0.5) is 0 Å². The molecule has 0 radical (unpaired) electrons. The third-order valence-corrected chi connectivity index (χ3v) is 0.357. The van der Waals surface area contributed by atoms with Crippen LogP contribution in [0, 0.1) is 0 Å². The molecule has 2 N–H and O–H groups in total. The number of carbonyl (C=O) groups is 1. The van der Waals surface area contributed by atoms with E-state index in [0.29, 0.717) is 0 Å². The SMILES string of the molecule is CC(O)C(=O)O.[AlH2][Cl].[H-].[Na+]. The van der Waals surface area contributed by atoms with Crippen LogP contribution in [0.25, 0.3) is 0 Å². The number of hydrogen-bond donors (Lipinski definition) is 2. The average molecular weight is 179 g/mol. The topological polar surface area (TPSA) is 57.5 Å². The maximum absolute atomic E-state index is 9.45. The number of carboxylic acid groups (broad SMARTS) is 1. The van der Waals surface area contributed by atoms with Gasteiger partial charge >= 0.3 is 50.9 Å². The second kappa shape index (κ2) is 12.0. The van der Waals surface area contributed by atoms with Crippen molar-refractivity contribution in [3.63, 3.8) is 0 Å². The molecule has 0 bridgehead atoms. The Hall–Kier alpha value is 1.25. The van der Waals surface area contributed by atoms with Gasteiger partial charge in [-0.1, -0.05) is 0 Å². The van der Waals surface area contributed by atoms with Crippen LogP contribution in [0.3, 0.4) is 0 Å². The van der Waals surface area contributed by atoms with Crippen molar-refractivity contribution in [2.75, 3.05) is 0 Å². The Kier molecular flexibility index (Phi) is 22.2. The summed E-state index contributed by atoms with van der Waals surface area (Å²) in [6, 6.07) is 0. The largest absolute Gasteiger partial charge is 1.00 e. The van der Waals surface area contributed by atoms with Gasteiger partial charge in [0.05, 0.1) is 0 Å². The third kappa shape index (κ3) is 17.6. The van der Waals surface area contributed by atoms with Crippen molar-refractivity contribution >= 4 is 31.4 Å². The molecule has 0 amide bonds. The number of aliphatic hydroxyl groups is 1. The molecular formula is C3H9AlClNaO3. The van der Waals surface area contributed by atoms with E-state index < -0.39 is 12.1 Å². The van der Waals surface area contributed by atoms with Crippen molar-refractivity contribution in [3.8, 4) is 0 Å². The van der Waals surface area contributed by atoms with E-state index in [1.165, 1.54) is 6.92 Å². The Bertz CT molecular complexity index is 74.8. The smallest absolute Gasteiger partial charge is 1.00 e. The summed E-state index contributed by atoms with van der Waals surface area (Å²) in [5.74, 6) is -1.19. The molecule has 1 unspecified atom stereocenters. The molecule has 6 heteroatoms. The molecule has 50 valence electrons. The van der Waals surface area contributed by atoms with Crippen LogP contribution in [0.1, 0.15) is 8.35 Å². The van der Waals surface area contributed by atoms with Crippen molar-refractivity contribution in [2.24, 2.45) is 0 Å². The van der Waals surface area contributed by atoms with Crippen LogP contribution in [-0.2, 0) is 4.79 Å². The summed E-state index contributed by atoms with van der Waals surface area (Å²) in [5, 5.41) is 15.8. The number of aliphatic hydroxyl groups excluding tert-OH is 1. The van der Waals surface area contributed by atoms with Gasteiger partial charge in [-0.05, 0) is 6.92 Å². The molecular weight excluding hydrogens is 169 g/mol. The first kappa shape index (κ1) is 16.7. The van der Waals surface area contributed by atoms with Gasteiger partial charge in [-0.15, -0.1) is 0 Å². The summed E-state index contributed by atoms with van der Waals surface area (Å²) in [6.07, 6.45) is -1.23. The number of aliphatic carboxylic acids is 1. The van der Waals surface area contributed by atoms with Crippen LogP contribution >= 0.6 is 10.0 Å². The molecule has 0 aliphatic heterocycles. The van der Waals surface area contributed by atoms with E-state index in [-0.39, 0.29) is 31.0 Å². The predicted octanol–water partition coefficient (Wildman–Crippen LogP) is -3.66. The summed E-state index contributed by atoms with van der Waals surface area (Å²) in [6.45, 7) is 1.20. The summed E-state index contributed by atoms with van der Waals surface area (Å²) in [4.78, 5) is 9.45. The maximum atomic E-state index is 9.45. The minimum absolute atomic E-state index is 0. The van der Waals surface area contributed by atoms with Crippen molar-refractivity contribution in [1.29, 1.82) is 0 Å². The number of carboxylic acids is 1. The molecule has 0 rings (SSSR count). The molecule has 0 aromatic carbocycles. The minimum atomic E-state index is -1.23. The molecule has 0 aromatic heterocycles. The van der Waals surface area contributed by atoms with E-state index in [1.54, 1.807) is 0 Å². The van der Waals surface area contributed by atoms with Gasteiger partial charge in [0, 0.05) is 0 Å². The Morgan fingerprint density at radius 1 is 1.78 bits per heavy atom. The van der Waals surface area contributed by atoms with E-state index in [0.717, 1.165) is 15.4 Å². The second-order valence-electron chi connectivity index (χ2n) is 1.01. The first-order chi connectivity index (χ1) is 3.64. The average Bonchev–Trinajstić information content (AvgIpc) is 1.72. The summed E-state index contributed by atoms with van der Waals surface area (Å²) in [5.41, 5.74) is 0. The van der Waals surface area contributed by atoms with Gasteiger partial charge in [0.25, 0.3) is 0 Å². The second-order valence-corrected chi connectivity index (χ2v) is 1.01. The minimum Gasteiger partial charge on any atom is -1.00 e. The summed E-state index contributed by atoms with van der Waals surface area (Å²) >= 11 is 0.778. The molecule has 0 spiro atoms. The fourth-order valence-electron chi connectivity index (χ4n) is 0. The fraction of sp³-hybridized carbons (Fsp3) is 0.667. The van der Waals surface area contributed by atoms with Gasteiger partial charge in [-0.3, -0.25) is 10.0 Å². The zero-order chi connectivity index (χ0) is 7.15. The normalized spacial score (nSPS) is 9.67. The molecule has 0 fully saturated rings. The first-order valence-corrected chi connectivity index (χ1v) is 4.95. The third-order valence-electron chi connectivity index (χ3n) is 0.357. The molecule has 0 heterocycles. The van der Waals surface area contributed by atoms with Crippen LogP contribution in [-0.4, -0.2) is 37.7 Å². The molecule has 0 saturated carbocycles. The van der Waals surface area contributed by atoms with Gasteiger partial charge in [-0.2, -0.15) is 0 Å². The van der Waals surface area contributed by atoms with E-state index in [1.807, 2.05) is 0 Å². The molecule has 9 heavy (non-hydrogen) atoms. The number of hydrogen-bond acceptors (Lipinski definition) is 2. The Morgan fingerprint density at radius 2 is 1.89 bits per heavy atom. The van der Waals surface area contributed by atoms with Crippen LogP contribution in [0.15, 0.2) is 0 Å². The van der Waals surface area contributed by atoms with Gasteiger partial charge in [0.1, 0.15) is 6.10 Å². The molecule has 0 aliphatic rings. The Labute approximate surface area is 89.8 Å². The van der Waals surface area contributed by atoms with E-state index in [2.05, 4.69) is 0 Å². The van der Waals surface area contributed by atoms with Crippen LogP contribution in [0.2, 0.25) is 0 Å². The van der Waals surface area contributed by atoms with Crippen LogP contribution < -0.4 is 29.6 Å². The molecule has 3 nitrogen and oxygen atoms in total. The fourth-order valence-corrected chi connectivity index (χ4v) is 0. The van der Waals surface area contributed by atoms with Crippen LogP contribution in [0.5, 0.6) is 0 Å². The standard InChI is InChI=1S/C3H6O3.Al.ClH.Na.3H/c1-2(4)3(5)6;;;;;;/h2,4H,1H3,(H,5,6);;1H;;;;/q;+1;;+1;;;-1/p-1. The molecule has 1 atom stereocenters. The van der Waals surface area contributed by atoms with E-state index in [9.17, 15) is 4.79 Å². The summed E-state index contributed by atoms with van der Waals surface area (Å²) < 4.78 is 0. The first-order valence-electron chi connectivity index (χ1n) is 1.93. The van der Waals surface area contributed by atoms with Crippen molar-refractivity contribution < 1.29 is 46.0 Å². The molecule has 0 saturated heterocycles. The quantitative estimate of drug-likeness (QED) is 0.407. The zero-order valence-electron chi connectivity index (χ0n) is 6.76. The van der Waals surface area contributed by atoms with Crippen molar-refractivity contribution in [2.45, 2.75) is 13.0 Å². The molecule has 0 aromatic rings. The predicted molar refractivity (Wildman–Crippen MR) is 34.8 cm³/mol. The summed E-state index contributed by atoms with van der Waals surface area (Å²) in [7, 11) is 4.78. The molecule has 0 aliphatic carbocycles. The number of rotatable bonds is 1. The monoisotopic (exact) mass is 178 g/mol. The van der Waals surface area contributed by atoms with E-state index in [4.69, 9.17) is 20.3 Å². The van der Waals surface area contributed by atoms with Gasteiger partial charge < -0.3 is 11.6 Å². The van der Waals surface area contributed by atoms with E-state index >= 15 is 0 Å². The maximum Gasteiger partial charge on any atom is 1.00 e. The van der Waals surface area contributed by atoms with Crippen molar-refractivity contribution in [3.05, 3.63) is 0 Å². The van der Waals surface area contributed by atoms with Gasteiger partial charge in [0.2, 0.25) is 0 Å².